The van der Waals surface area contributed by atoms with E-state index in [1.165, 1.54) is 37.4 Å². The number of carbonyl (C=O) groups excluding carboxylic acids is 2. The van der Waals surface area contributed by atoms with Crippen LogP contribution < -0.4 is 10.6 Å². The van der Waals surface area contributed by atoms with Gasteiger partial charge in [0.2, 0.25) is 0 Å². The number of urea groups is 1. The Morgan fingerprint density at radius 1 is 1.04 bits per heavy atom. The lowest BCUT2D eigenvalue weighted by Gasteiger charge is -2.14. The van der Waals surface area contributed by atoms with E-state index in [1.807, 2.05) is 0 Å². The lowest BCUT2D eigenvalue weighted by molar-refractivity contribution is -0.136. The van der Waals surface area contributed by atoms with Crippen LogP contribution in [0.2, 0.25) is 5.02 Å². The number of halogens is 4. The largest absolute Gasteiger partial charge is 0.465 e. The molecule has 132 valence electrons. The number of hydrogen-bond donors (Lipinski definition) is 2. The van der Waals surface area contributed by atoms with Gasteiger partial charge in [0, 0.05) is 10.7 Å². The van der Waals surface area contributed by atoms with Crippen LogP contribution >= 0.6 is 11.6 Å². The first-order chi connectivity index (χ1) is 11.7. The van der Waals surface area contributed by atoms with Crippen molar-refractivity contribution >= 4 is 35.0 Å². The third-order valence-electron chi connectivity index (χ3n) is 3.10. The van der Waals surface area contributed by atoms with Crippen LogP contribution in [0.25, 0.3) is 0 Å². The van der Waals surface area contributed by atoms with E-state index < -0.39 is 29.4 Å². The number of benzene rings is 2. The van der Waals surface area contributed by atoms with E-state index in [1.54, 1.807) is 0 Å². The number of anilines is 2. The van der Waals surface area contributed by atoms with Gasteiger partial charge in [-0.3, -0.25) is 0 Å². The number of carbonyl (C=O) groups is 2. The third-order valence-corrected chi connectivity index (χ3v) is 3.33. The second kappa shape index (κ2) is 7.43. The van der Waals surface area contributed by atoms with E-state index >= 15 is 0 Å². The standard InChI is InChI=1S/C16H12ClF3N2O3/c1-25-14(23)9-2-5-11(6-3-9)21-15(24)22-13-7-4-10(17)8-12(13)16(18,19)20/h2-8H,1H3,(H2,21,22,24). The zero-order valence-corrected chi connectivity index (χ0v) is 13.5. The van der Waals surface area contributed by atoms with Crippen molar-refractivity contribution in [2.75, 3.05) is 17.7 Å². The Labute approximate surface area is 145 Å². The first-order valence-corrected chi connectivity index (χ1v) is 7.21. The number of hydrogen-bond acceptors (Lipinski definition) is 3. The Bertz CT molecular complexity index is 792. The van der Waals surface area contributed by atoms with Crippen LogP contribution in [-0.2, 0) is 10.9 Å². The molecule has 0 aliphatic carbocycles. The summed E-state index contributed by atoms with van der Waals surface area (Å²) in [5, 5.41) is 4.39. The summed E-state index contributed by atoms with van der Waals surface area (Å²) in [6.45, 7) is 0. The quantitative estimate of drug-likeness (QED) is 0.761. The Morgan fingerprint density at radius 3 is 2.24 bits per heavy atom. The molecule has 25 heavy (non-hydrogen) atoms. The summed E-state index contributed by atoms with van der Waals surface area (Å²) in [7, 11) is 1.23. The highest BCUT2D eigenvalue weighted by molar-refractivity contribution is 6.30. The predicted molar refractivity (Wildman–Crippen MR) is 86.9 cm³/mol. The number of alkyl halides is 3. The van der Waals surface area contributed by atoms with Crippen molar-refractivity contribution < 1.29 is 27.5 Å². The molecule has 2 N–H and O–H groups in total. The van der Waals surface area contributed by atoms with E-state index in [0.717, 1.165) is 12.1 Å². The molecule has 0 aliphatic rings. The summed E-state index contributed by atoms with van der Waals surface area (Å²) < 4.78 is 43.5. The molecular formula is C16H12ClF3N2O3. The molecule has 0 spiro atoms. The van der Waals surface area contributed by atoms with Gasteiger partial charge in [-0.05, 0) is 42.5 Å². The van der Waals surface area contributed by atoms with Crippen LogP contribution in [0.5, 0.6) is 0 Å². The number of nitrogens with one attached hydrogen (secondary N) is 2. The first kappa shape index (κ1) is 18.6. The van der Waals surface area contributed by atoms with Gasteiger partial charge in [0.25, 0.3) is 0 Å². The summed E-state index contributed by atoms with van der Waals surface area (Å²) in [6, 6.07) is 7.79. The molecule has 0 saturated carbocycles. The van der Waals surface area contributed by atoms with E-state index in [-0.39, 0.29) is 16.3 Å². The van der Waals surface area contributed by atoms with Crippen LogP contribution in [0.4, 0.5) is 29.3 Å². The molecule has 5 nitrogen and oxygen atoms in total. The Balaban J connectivity index is 2.12. The number of rotatable bonds is 3. The Kier molecular flexibility index (Phi) is 5.53. The lowest BCUT2D eigenvalue weighted by Crippen LogP contribution is -2.22. The molecule has 0 fully saturated rings. The number of amides is 2. The molecule has 2 aromatic carbocycles. The van der Waals surface area contributed by atoms with Gasteiger partial charge < -0.3 is 15.4 Å². The highest BCUT2D eigenvalue weighted by Gasteiger charge is 2.34. The zero-order valence-electron chi connectivity index (χ0n) is 12.8. The van der Waals surface area contributed by atoms with Crippen LogP contribution in [0.15, 0.2) is 42.5 Å². The normalized spacial score (nSPS) is 10.9. The molecule has 0 radical (unpaired) electrons. The summed E-state index contributed by atoms with van der Waals surface area (Å²) in [6.07, 6.45) is -4.67. The van der Waals surface area contributed by atoms with Gasteiger partial charge in [0.05, 0.1) is 23.9 Å². The van der Waals surface area contributed by atoms with E-state index in [0.29, 0.717) is 0 Å². The van der Waals surface area contributed by atoms with Crippen molar-refractivity contribution in [2.45, 2.75) is 6.18 Å². The molecule has 2 rings (SSSR count). The topological polar surface area (TPSA) is 67.4 Å². The van der Waals surface area contributed by atoms with Crippen molar-refractivity contribution in [3.63, 3.8) is 0 Å². The van der Waals surface area contributed by atoms with Gasteiger partial charge in [-0.2, -0.15) is 13.2 Å². The Hall–Kier alpha value is -2.74. The van der Waals surface area contributed by atoms with E-state index in [2.05, 4.69) is 15.4 Å². The molecule has 0 heterocycles. The minimum Gasteiger partial charge on any atom is -0.465 e. The van der Waals surface area contributed by atoms with E-state index in [9.17, 15) is 22.8 Å². The second-order valence-corrected chi connectivity index (χ2v) is 5.27. The first-order valence-electron chi connectivity index (χ1n) is 6.84. The fourth-order valence-corrected chi connectivity index (χ4v) is 2.12. The fraction of sp³-hybridized carbons (Fsp3) is 0.125. The van der Waals surface area contributed by atoms with Crippen LogP contribution in [0.3, 0.4) is 0 Å². The summed E-state index contributed by atoms with van der Waals surface area (Å²) in [4.78, 5) is 23.2. The van der Waals surface area contributed by atoms with Gasteiger partial charge in [0.1, 0.15) is 0 Å². The van der Waals surface area contributed by atoms with Crippen molar-refractivity contribution in [3.8, 4) is 0 Å². The zero-order chi connectivity index (χ0) is 18.6. The SMILES string of the molecule is COC(=O)c1ccc(NC(=O)Nc2ccc(Cl)cc2C(F)(F)F)cc1. The maximum atomic E-state index is 13.0. The van der Waals surface area contributed by atoms with Gasteiger partial charge in [0.15, 0.2) is 0 Å². The molecule has 2 amide bonds. The Morgan fingerprint density at radius 2 is 1.68 bits per heavy atom. The monoisotopic (exact) mass is 372 g/mol. The van der Waals surface area contributed by atoms with Crippen molar-refractivity contribution in [1.29, 1.82) is 0 Å². The maximum Gasteiger partial charge on any atom is 0.418 e. The van der Waals surface area contributed by atoms with Gasteiger partial charge in [-0.25, -0.2) is 9.59 Å². The van der Waals surface area contributed by atoms with Crippen LogP contribution in [-0.4, -0.2) is 19.1 Å². The van der Waals surface area contributed by atoms with E-state index in [4.69, 9.17) is 11.6 Å². The van der Waals surface area contributed by atoms with Crippen molar-refractivity contribution in [1.82, 2.24) is 0 Å². The lowest BCUT2D eigenvalue weighted by atomic mass is 10.1. The fourth-order valence-electron chi connectivity index (χ4n) is 1.95. The second-order valence-electron chi connectivity index (χ2n) is 4.84. The molecule has 0 aliphatic heterocycles. The smallest absolute Gasteiger partial charge is 0.418 e. The molecule has 0 atom stereocenters. The predicted octanol–water partition coefficient (Wildman–Crippen LogP) is 4.79. The molecule has 2 aromatic rings. The number of methoxy groups -OCH3 is 1. The van der Waals surface area contributed by atoms with Crippen LogP contribution in [0, 0.1) is 0 Å². The molecule has 0 aromatic heterocycles. The molecule has 0 bridgehead atoms. The number of esters is 1. The minimum atomic E-state index is -4.67. The molecule has 0 unspecified atom stereocenters. The van der Waals surface area contributed by atoms with Gasteiger partial charge >= 0.3 is 18.2 Å². The van der Waals surface area contributed by atoms with Gasteiger partial charge in [-0.15, -0.1) is 0 Å². The summed E-state index contributed by atoms with van der Waals surface area (Å²) in [5.74, 6) is -0.549. The maximum absolute atomic E-state index is 13.0. The average molecular weight is 373 g/mol. The summed E-state index contributed by atoms with van der Waals surface area (Å²) >= 11 is 5.58. The highest BCUT2D eigenvalue weighted by Crippen LogP contribution is 2.36. The van der Waals surface area contributed by atoms with Crippen molar-refractivity contribution in [3.05, 3.63) is 58.6 Å². The molecular weight excluding hydrogens is 361 g/mol. The molecule has 9 heteroatoms. The third kappa shape index (κ3) is 4.87. The van der Waals surface area contributed by atoms with Crippen LogP contribution in [0.1, 0.15) is 15.9 Å². The summed E-state index contributed by atoms with van der Waals surface area (Å²) in [5.41, 5.74) is -0.935. The minimum absolute atomic E-state index is 0.100. The van der Waals surface area contributed by atoms with Gasteiger partial charge in [-0.1, -0.05) is 11.6 Å². The number of ether oxygens (including phenoxy) is 1. The molecule has 0 saturated heterocycles. The van der Waals surface area contributed by atoms with Crippen molar-refractivity contribution in [2.24, 2.45) is 0 Å². The average Bonchev–Trinajstić information content (AvgIpc) is 2.55. The highest BCUT2D eigenvalue weighted by atomic mass is 35.5.